The van der Waals surface area contributed by atoms with Gasteiger partial charge in [0.1, 0.15) is 5.76 Å². The van der Waals surface area contributed by atoms with E-state index in [1.165, 1.54) is 12.8 Å². The second-order valence-corrected chi connectivity index (χ2v) is 6.11. The van der Waals surface area contributed by atoms with Crippen molar-refractivity contribution in [3.8, 4) is 0 Å². The zero-order valence-electron chi connectivity index (χ0n) is 13.0. The molecule has 0 radical (unpaired) electrons. The van der Waals surface area contributed by atoms with Gasteiger partial charge in [0.05, 0.1) is 26.0 Å². The Morgan fingerprint density at radius 3 is 2.95 bits per heavy atom. The molecule has 0 unspecified atom stereocenters. The topological polar surface area (TPSA) is 58.0 Å². The average molecular weight is 307 g/mol. The molecule has 0 aromatic carbocycles. The van der Waals surface area contributed by atoms with E-state index in [1.807, 2.05) is 17.0 Å². The molecular formula is C16H25N3O3. The van der Waals surface area contributed by atoms with Crippen molar-refractivity contribution in [1.82, 2.24) is 15.1 Å². The molecule has 6 heteroatoms. The fourth-order valence-corrected chi connectivity index (χ4v) is 3.19. The van der Waals surface area contributed by atoms with Crippen LogP contribution in [0, 0.1) is 5.92 Å². The Balaban J connectivity index is 1.41. The first-order valence-electron chi connectivity index (χ1n) is 8.16. The van der Waals surface area contributed by atoms with Crippen molar-refractivity contribution < 1.29 is 13.9 Å². The lowest BCUT2D eigenvalue weighted by molar-refractivity contribution is 0.0525. The average Bonchev–Trinajstić information content (AvgIpc) is 3.07. The lowest BCUT2D eigenvalue weighted by atomic mass is 9.98. The molecule has 6 nitrogen and oxygen atoms in total. The van der Waals surface area contributed by atoms with E-state index in [0.717, 1.165) is 31.9 Å². The third-order valence-electron chi connectivity index (χ3n) is 4.40. The van der Waals surface area contributed by atoms with Crippen molar-refractivity contribution in [2.75, 3.05) is 45.9 Å². The Bertz CT molecular complexity index is 457. The van der Waals surface area contributed by atoms with Crippen LogP contribution in [0.2, 0.25) is 0 Å². The number of rotatable bonds is 4. The molecule has 2 aliphatic heterocycles. The molecule has 0 spiro atoms. The molecule has 2 fully saturated rings. The number of carbonyl (C=O) groups is 1. The Morgan fingerprint density at radius 1 is 1.32 bits per heavy atom. The van der Waals surface area contributed by atoms with Crippen molar-refractivity contribution in [3.63, 3.8) is 0 Å². The molecule has 22 heavy (non-hydrogen) atoms. The summed E-state index contributed by atoms with van der Waals surface area (Å²) in [6, 6.07) is 4.00. The van der Waals surface area contributed by atoms with Gasteiger partial charge in [0.15, 0.2) is 0 Å². The molecular weight excluding hydrogens is 282 g/mol. The summed E-state index contributed by atoms with van der Waals surface area (Å²) in [5.41, 5.74) is 0. The summed E-state index contributed by atoms with van der Waals surface area (Å²) in [7, 11) is 0. The number of hydrogen-bond acceptors (Lipinski definition) is 4. The smallest absolute Gasteiger partial charge is 0.317 e. The van der Waals surface area contributed by atoms with Gasteiger partial charge in [0, 0.05) is 26.2 Å². The highest BCUT2D eigenvalue weighted by atomic mass is 16.5. The Labute approximate surface area is 131 Å². The number of urea groups is 1. The van der Waals surface area contributed by atoms with Gasteiger partial charge in [-0.05, 0) is 37.4 Å². The maximum absolute atomic E-state index is 12.1. The van der Waals surface area contributed by atoms with Gasteiger partial charge in [-0.25, -0.2) is 4.79 Å². The van der Waals surface area contributed by atoms with Gasteiger partial charge in [-0.3, -0.25) is 4.90 Å². The Kier molecular flexibility index (Phi) is 5.34. The number of morpholine rings is 1. The summed E-state index contributed by atoms with van der Waals surface area (Å²) in [5, 5.41) is 3.08. The lowest BCUT2D eigenvalue weighted by Crippen LogP contribution is -2.48. The van der Waals surface area contributed by atoms with Crippen LogP contribution < -0.4 is 5.32 Å². The normalized spacial score (nSPS) is 23.5. The van der Waals surface area contributed by atoms with Crippen molar-refractivity contribution in [3.05, 3.63) is 24.2 Å². The van der Waals surface area contributed by atoms with E-state index >= 15 is 0 Å². The van der Waals surface area contributed by atoms with Gasteiger partial charge in [0.2, 0.25) is 0 Å². The number of nitrogens with one attached hydrogen (secondary N) is 1. The van der Waals surface area contributed by atoms with Crippen LogP contribution in [0.3, 0.4) is 0 Å². The van der Waals surface area contributed by atoms with Crippen molar-refractivity contribution >= 4 is 6.03 Å². The molecule has 2 amide bonds. The molecule has 1 atom stereocenters. The first-order chi connectivity index (χ1) is 10.8. The van der Waals surface area contributed by atoms with Crippen LogP contribution in [0.4, 0.5) is 4.79 Å². The van der Waals surface area contributed by atoms with E-state index in [1.54, 1.807) is 6.26 Å². The zero-order chi connectivity index (χ0) is 15.2. The quantitative estimate of drug-likeness (QED) is 0.916. The number of hydrogen-bond donors (Lipinski definition) is 1. The van der Waals surface area contributed by atoms with Crippen LogP contribution in [-0.4, -0.2) is 61.8 Å². The standard InChI is InChI=1S/C16H25N3O3/c20-16(19-6-9-21-10-7-19)17-11-14-3-1-5-18(12-14)13-15-4-2-8-22-15/h2,4,8,14H,1,3,5-7,9-13H2,(H,17,20)/t14-/m0/s1. The van der Waals surface area contributed by atoms with Crippen LogP contribution >= 0.6 is 0 Å². The fraction of sp³-hybridized carbons (Fsp3) is 0.688. The van der Waals surface area contributed by atoms with Gasteiger partial charge in [0.25, 0.3) is 0 Å². The van der Waals surface area contributed by atoms with E-state index in [2.05, 4.69) is 10.2 Å². The maximum atomic E-state index is 12.1. The molecule has 1 aromatic rings. The largest absolute Gasteiger partial charge is 0.468 e. The molecule has 3 rings (SSSR count). The predicted octanol–water partition coefficient (Wildman–Crippen LogP) is 1.53. The summed E-state index contributed by atoms with van der Waals surface area (Å²) >= 11 is 0. The molecule has 0 bridgehead atoms. The minimum atomic E-state index is 0.0476. The highest BCUT2D eigenvalue weighted by Gasteiger charge is 2.22. The van der Waals surface area contributed by atoms with Gasteiger partial charge < -0.3 is 19.4 Å². The molecule has 2 aliphatic rings. The van der Waals surface area contributed by atoms with E-state index < -0.39 is 0 Å². The van der Waals surface area contributed by atoms with Gasteiger partial charge in [-0.1, -0.05) is 0 Å². The van der Waals surface area contributed by atoms with E-state index in [4.69, 9.17) is 9.15 Å². The number of nitrogens with zero attached hydrogens (tertiary/aromatic N) is 2. The summed E-state index contributed by atoms with van der Waals surface area (Å²) in [6.07, 6.45) is 4.08. The SMILES string of the molecule is O=C(NC[C@@H]1CCCN(Cc2ccco2)C1)N1CCOCC1. The fourth-order valence-electron chi connectivity index (χ4n) is 3.19. The van der Waals surface area contributed by atoms with Gasteiger partial charge in [-0.15, -0.1) is 0 Å². The van der Waals surface area contributed by atoms with Crippen LogP contribution in [0.25, 0.3) is 0 Å². The van der Waals surface area contributed by atoms with Gasteiger partial charge >= 0.3 is 6.03 Å². The zero-order valence-corrected chi connectivity index (χ0v) is 13.0. The second-order valence-electron chi connectivity index (χ2n) is 6.11. The number of piperidine rings is 1. The predicted molar refractivity (Wildman–Crippen MR) is 82.5 cm³/mol. The second kappa shape index (κ2) is 7.65. The number of amides is 2. The van der Waals surface area contributed by atoms with Crippen molar-refractivity contribution in [2.24, 2.45) is 5.92 Å². The highest BCUT2D eigenvalue weighted by molar-refractivity contribution is 5.74. The number of ether oxygens (including phenoxy) is 1. The van der Waals surface area contributed by atoms with Crippen LogP contribution in [0.5, 0.6) is 0 Å². The van der Waals surface area contributed by atoms with Crippen LogP contribution in [0.1, 0.15) is 18.6 Å². The van der Waals surface area contributed by atoms with Crippen LogP contribution in [-0.2, 0) is 11.3 Å². The summed E-state index contributed by atoms with van der Waals surface area (Å²) in [6.45, 7) is 6.42. The third kappa shape index (κ3) is 4.24. The molecule has 0 aliphatic carbocycles. The Hall–Kier alpha value is -1.53. The summed E-state index contributed by atoms with van der Waals surface area (Å²) < 4.78 is 10.7. The minimum Gasteiger partial charge on any atom is -0.468 e. The molecule has 0 saturated carbocycles. The monoisotopic (exact) mass is 307 g/mol. The van der Waals surface area contributed by atoms with Crippen molar-refractivity contribution in [2.45, 2.75) is 19.4 Å². The number of carbonyl (C=O) groups excluding carboxylic acids is 1. The first-order valence-corrected chi connectivity index (χ1v) is 8.16. The van der Waals surface area contributed by atoms with Crippen molar-refractivity contribution in [1.29, 1.82) is 0 Å². The third-order valence-corrected chi connectivity index (χ3v) is 4.40. The Morgan fingerprint density at radius 2 is 2.18 bits per heavy atom. The lowest BCUT2D eigenvalue weighted by Gasteiger charge is -2.33. The molecule has 1 N–H and O–H groups in total. The number of furan rings is 1. The van der Waals surface area contributed by atoms with Gasteiger partial charge in [-0.2, -0.15) is 0 Å². The molecule has 2 saturated heterocycles. The summed E-state index contributed by atoms with van der Waals surface area (Å²) in [4.78, 5) is 16.4. The maximum Gasteiger partial charge on any atom is 0.317 e. The molecule has 3 heterocycles. The molecule has 122 valence electrons. The molecule has 1 aromatic heterocycles. The highest BCUT2D eigenvalue weighted by Crippen LogP contribution is 2.18. The summed E-state index contributed by atoms with van der Waals surface area (Å²) in [5.74, 6) is 1.53. The van der Waals surface area contributed by atoms with E-state index in [-0.39, 0.29) is 6.03 Å². The first kappa shape index (κ1) is 15.4. The van der Waals surface area contributed by atoms with Crippen LogP contribution in [0.15, 0.2) is 22.8 Å². The number of likely N-dealkylation sites (tertiary alicyclic amines) is 1. The van der Waals surface area contributed by atoms with E-state index in [0.29, 0.717) is 32.2 Å². The minimum absolute atomic E-state index is 0.0476. The van der Waals surface area contributed by atoms with E-state index in [9.17, 15) is 4.79 Å².